The molecule has 7 nitrogen and oxygen atoms in total. The molecular formula is C16H28N2O5. The van der Waals surface area contributed by atoms with Crippen molar-refractivity contribution in [1.29, 1.82) is 0 Å². The first kappa shape index (κ1) is 18.0. The first-order valence-corrected chi connectivity index (χ1v) is 8.16. The van der Waals surface area contributed by atoms with Crippen molar-refractivity contribution in [2.75, 3.05) is 26.2 Å². The normalized spacial score (nSPS) is 31.8. The van der Waals surface area contributed by atoms with Gasteiger partial charge in [-0.15, -0.1) is 0 Å². The third-order valence-corrected chi connectivity index (χ3v) is 4.47. The summed E-state index contributed by atoms with van der Waals surface area (Å²) in [7, 11) is 0. The number of piperazine rings is 1. The summed E-state index contributed by atoms with van der Waals surface area (Å²) in [4.78, 5) is 27.9. The van der Waals surface area contributed by atoms with Gasteiger partial charge in [-0.05, 0) is 41.0 Å². The fourth-order valence-corrected chi connectivity index (χ4v) is 3.35. The number of carbonyl (C=O) groups is 2. The number of fused-ring (bicyclic) bond motifs is 1. The lowest BCUT2D eigenvalue weighted by Gasteiger charge is -2.47. The first-order valence-electron chi connectivity index (χ1n) is 8.16. The van der Waals surface area contributed by atoms with Gasteiger partial charge in [-0.1, -0.05) is 0 Å². The highest BCUT2D eigenvalue weighted by atomic mass is 16.6. The van der Waals surface area contributed by atoms with E-state index >= 15 is 0 Å². The summed E-state index contributed by atoms with van der Waals surface area (Å²) in [6.45, 7) is 10.9. The number of rotatable bonds is 3. The molecule has 0 radical (unpaired) electrons. The zero-order valence-corrected chi connectivity index (χ0v) is 14.7. The smallest absolute Gasteiger partial charge is 0.411 e. The molecule has 7 heteroatoms. The Balaban J connectivity index is 2.19. The molecule has 0 aliphatic carbocycles. The predicted octanol–water partition coefficient (Wildman–Crippen LogP) is 1.56. The molecule has 2 saturated heterocycles. The average molecular weight is 328 g/mol. The van der Waals surface area contributed by atoms with E-state index in [1.54, 1.807) is 27.7 Å². The van der Waals surface area contributed by atoms with Crippen LogP contribution in [-0.2, 0) is 14.3 Å². The summed E-state index contributed by atoms with van der Waals surface area (Å²) < 4.78 is 11.1. The predicted molar refractivity (Wildman–Crippen MR) is 84.4 cm³/mol. The van der Waals surface area contributed by atoms with Gasteiger partial charge in [-0.3, -0.25) is 9.80 Å². The Morgan fingerprint density at radius 2 is 1.96 bits per heavy atom. The molecule has 23 heavy (non-hydrogen) atoms. The molecule has 0 unspecified atom stereocenters. The van der Waals surface area contributed by atoms with Gasteiger partial charge < -0.3 is 14.6 Å². The Hall–Kier alpha value is -1.34. The Morgan fingerprint density at radius 3 is 2.48 bits per heavy atom. The summed E-state index contributed by atoms with van der Waals surface area (Å²) in [5.41, 5.74) is -1.95. The lowest BCUT2D eigenvalue weighted by atomic mass is 9.94. The number of carboxylic acid groups (broad SMARTS) is 1. The number of carboxylic acids is 1. The van der Waals surface area contributed by atoms with Crippen LogP contribution in [0.2, 0.25) is 0 Å². The van der Waals surface area contributed by atoms with Gasteiger partial charge in [0.1, 0.15) is 5.60 Å². The van der Waals surface area contributed by atoms with Crippen LogP contribution in [0.15, 0.2) is 0 Å². The maximum absolute atomic E-state index is 12.5. The number of carbonyl (C=O) groups excluding carboxylic acids is 1. The van der Waals surface area contributed by atoms with Crippen molar-refractivity contribution in [2.24, 2.45) is 0 Å². The zero-order valence-electron chi connectivity index (χ0n) is 14.7. The minimum Gasteiger partial charge on any atom is -0.479 e. The fraction of sp³-hybridized carbons (Fsp3) is 0.875. The van der Waals surface area contributed by atoms with Crippen molar-refractivity contribution >= 4 is 12.1 Å². The highest BCUT2D eigenvalue weighted by Crippen LogP contribution is 2.33. The molecule has 0 aromatic rings. The van der Waals surface area contributed by atoms with Crippen molar-refractivity contribution in [2.45, 2.75) is 64.3 Å². The topological polar surface area (TPSA) is 79.3 Å². The van der Waals surface area contributed by atoms with Gasteiger partial charge in [-0.2, -0.15) is 0 Å². The number of hydrogen-bond donors (Lipinski definition) is 1. The van der Waals surface area contributed by atoms with Crippen LogP contribution in [0.5, 0.6) is 0 Å². The third-order valence-electron chi connectivity index (χ3n) is 4.47. The van der Waals surface area contributed by atoms with Gasteiger partial charge in [0.2, 0.25) is 0 Å². The standard InChI is InChI=1S/C16H28N2O5/c1-6-22-12-7-11-8-18(14(21)23-15(2,3)4)16(5,13(19)20)10-17(11)9-12/h11-12H,6-10H2,1-5H3,(H,19,20)/t11-,12-,16-/m1/s1. The molecule has 2 aliphatic heterocycles. The Bertz CT molecular complexity index is 476. The second-order valence-electron chi connectivity index (χ2n) is 7.57. The van der Waals surface area contributed by atoms with E-state index in [4.69, 9.17) is 9.47 Å². The number of amides is 1. The van der Waals surface area contributed by atoms with Gasteiger partial charge in [0.05, 0.1) is 6.10 Å². The highest BCUT2D eigenvalue weighted by molar-refractivity contribution is 5.84. The van der Waals surface area contributed by atoms with Gasteiger partial charge in [0.15, 0.2) is 5.54 Å². The molecule has 1 amide bonds. The molecule has 0 aromatic carbocycles. The Morgan fingerprint density at radius 1 is 1.30 bits per heavy atom. The largest absolute Gasteiger partial charge is 0.479 e. The molecule has 0 spiro atoms. The molecule has 0 aromatic heterocycles. The van der Waals surface area contributed by atoms with Crippen molar-refractivity contribution < 1.29 is 24.2 Å². The van der Waals surface area contributed by atoms with E-state index in [0.29, 0.717) is 19.7 Å². The monoisotopic (exact) mass is 328 g/mol. The van der Waals surface area contributed by atoms with Crippen LogP contribution in [-0.4, -0.2) is 76.5 Å². The molecule has 132 valence electrons. The minimum atomic E-state index is -1.29. The second kappa shape index (κ2) is 6.28. The number of aliphatic carboxylic acids is 1. The third kappa shape index (κ3) is 3.77. The molecule has 0 bridgehead atoms. The van der Waals surface area contributed by atoms with Crippen LogP contribution in [0, 0.1) is 0 Å². The fourth-order valence-electron chi connectivity index (χ4n) is 3.35. The summed E-state index contributed by atoms with van der Waals surface area (Å²) in [5, 5.41) is 9.70. The zero-order chi connectivity index (χ0) is 17.4. The summed E-state index contributed by atoms with van der Waals surface area (Å²) in [5.74, 6) is -1.01. The van der Waals surface area contributed by atoms with E-state index in [0.717, 1.165) is 6.42 Å². The quantitative estimate of drug-likeness (QED) is 0.847. The summed E-state index contributed by atoms with van der Waals surface area (Å²) >= 11 is 0. The van der Waals surface area contributed by atoms with Gasteiger partial charge in [0, 0.05) is 32.3 Å². The number of ether oxygens (including phenoxy) is 2. The van der Waals surface area contributed by atoms with E-state index in [1.165, 1.54) is 4.90 Å². The molecule has 3 atom stereocenters. The first-order chi connectivity index (χ1) is 10.6. The summed E-state index contributed by atoms with van der Waals surface area (Å²) in [6, 6.07) is 0.117. The van der Waals surface area contributed by atoms with E-state index in [2.05, 4.69) is 4.90 Å². The average Bonchev–Trinajstić information content (AvgIpc) is 2.76. The van der Waals surface area contributed by atoms with E-state index < -0.39 is 23.2 Å². The minimum absolute atomic E-state index is 0.0987. The van der Waals surface area contributed by atoms with E-state index in [1.807, 2.05) is 6.92 Å². The van der Waals surface area contributed by atoms with Crippen LogP contribution in [0.3, 0.4) is 0 Å². The molecular weight excluding hydrogens is 300 g/mol. The van der Waals surface area contributed by atoms with E-state index in [9.17, 15) is 14.7 Å². The molecule has 2 rings (SSSR count). The maximum atomic E-state index is 12.5. The SMILES string of the molecule is CCO[C@@H]1C[C@@H]2CN(C(=O)OC(C)(C)C)[C@@](C)(C(=O)O)CN2C1. The van der Waals surface area contributed by atoms with Gasteiger partial charge in [0.25, 0.3) is 0 Å². The van der Waals surface area contributed by atoms with Crippen molar-refractivity contribution in [3.63, 3.8) is 0 Å². The van der Waals surface area contributed by atoms with Crippen LogP contribution >= 0.6 is 0 Å². The molecule has 0 saturated carbocycles. The van der Waals surface area contributed by atoms with Crippen molar-refractivity contribution in [1.82, 2.24) is 9.80 Å². The van der Waals surface area contributed by atoms with Gasteiger partial charge in [-0.25, -0.2) is 9.59 Å². The molecule has 2 heterocycles. The second-order valence-corrected chi connectivity index (χ2v) is 7.57. The van der Waals surface area contributed by atoms with Crippen molar-refractivity contribution in [3.05, 3.63) is 0 Å². The lowest BCUT2D eigenvalue weighted by Crippen LogP contribution is -2.68. The van der Waals surface area contributed by atoms with E-state index in [-0.39, 0.29) is 18.7 Å². The Labute approximate surface area is 137 Å². The van der Waals surface area contributed by atoms with Crippen LogP contribution in [0.1, 0.15) is 41.0 Å². The van der Waals surface area contributed by atoms with Crippen molar-refractivity contribution in [3.8, 4) is 0 Å². The molecule has 2 aliphatic rings. The lowest BCUT2D eigenvalue weighted by molar-refractivity contribution is -0.155. The molecule has 2 fully saturated rings. The Kier molecular flexibility index (Phi) is 4.92. The number of hydrogen-bond acceptors (Lipinski definition) is 5. The van der Waals surface area contributed by atoms with Crippen LogP contribution < -0.4 is 0 Å². The van der Waals surface area contributed by atoms with Gasteiger partial charge >= 0.3 is 12.1 Å². The van der Waals surface area contributed by atoms with Crippen LogP contribution in [0.4, 0.5) is 4.79 Å². The summed E-state index contributed by atoms with van der Waals surface area (Å²) in [6.07, 6.45) is 0.339. The van der Waals surface area contributed by atoms with Crippen LogP contribution in [0.25, 0.3) is 0 Å². The maximum Gasteiger partial charge on any atom is 0.411 e. The molecule has 1 N–H and O–H groups in total. The number of nitrogens with zero attached hydrogens (tertiary/aromatic N) is 2. The highest BCUT2D eigenvalue weighted by Gasteiger charge is 2.53.